The monoisotopic (exact) mass is 325 g/mol. The van der Waals surface area contributed by atoms with Crippen LogP contribution in [0.25, 0.3) is 10.8 Å². The van der Waals surface area contributed by atoms with Crippen LogP contribution in [0.15, 0.2) is 46.2 Å². The maximum Gasteiger partial charge on any atom is 0.178 e. The molecule has 0 aliphatic carbocycles. The van der Waals surface area contributed by atoms with Gasteiger partial charge in [0.25, 0.3) is 0 Å². The zero-order valence-electron chi connectivity index (χ0n) is 11.7. The van der Waals surface area contributed by atoms with E-state index in [1.807, 2.05) is 6.92 Å². The minimum Gasteiger partial charge on any atom is -0.768 e. The van der Waals surface area contributed by atoms with E-state index in [4.69, 9.17) is 0 Å². The Morgan fingerprint density at radius 3 is 2.57 bits per heavy atom. The Balaban J connectivity index is 2.42. The Labute approximate surface area is 127 Å². The van der Waals surface area contributed by atoms with Crippen LogP contribution in [0.1, 0.15) is 26.2 Å². The van der Waals surface area contributed by atoms with Crippen LogP contribution in [0.3, 0.4) is 0 Å². The fourth-order valence-corrected chi connectivity index (χ4v) is 4.19. The number of unbranched alkanes of at least 4 members (excludes halogenated alkanes) is 2. The summed E-state index contributed by atoms with van der Waals surface area (Å²) >= 11 is -2.34. The number of rotatable bonds is 6. The molecule has 2 rings (SSSR count). The van der Waals surface area contributed by atoms with Crippen LogP contribution in [-0.2, 0) is 20.9 Å². The molecule has 0 spiro atoms. The van der Waals surface area contributed by atoms with E-state index in [1.165, 1.54) is 12.1 Å². The fourth-order valence-electron chi connectivity index (χ4n) is 2.23. The first-order valence-electron chi connectivity index (χ1n) is 6.80. The molecule has 114 valence electrons. The number of benzene rings is 2. The minimum atomic E-state index is -3.31. The van der Waals surface area contributed by atoms with E-state index in [2.05, 4.69) is 0 Å². The van der Waals surface area contributed by atoms with Gasteiger partial charge in [0.2, 0.25) is 0 Å². The Kier molecular flexibility index (Phi) is 5.13. The number of hydrogen-bond acceptors (Lipinski definition) is 4. The van der Waals surface area contributed by atoms with Crippen molar-refractivity contribution in [2.75, 3.05) is 5.75 Å². The highest BCUT2D eigenvalue weighted by Crippen LogP contribution is 2.25. The van der Waals surface area contributed by atoms with Crippen LogP contribution in [0.2, 0.25) is 0 Å². The first kappa shape index (κ1) is 16.1. The highest BCUT2D eigenvalue weighted by Gasteiger charge is 2.14. The number of fused-ring (bicyclic) bond motifs is 1. The van der Waals surface area contributed by atoms with E-state index >= 15 is 0 Å². The molecule has 6 heteroatoms. The number of sulfone groups is 1. The van der Waals surface area contributed by atoms with Crippen LogP contribution in [0.5, 0.6) is 0 Å². The van der Waals surface area contributed by atoms with Crippen molar-refractivity contribution in [1.82, 2.24) is 0 Å². The van der Waals surface area contributed by atoms with Gasteiger partial charge < -0.3 is 4.55 Å². The van der Waals surface area contributed by atoms with Gasteiger partial charge in [-0.25, -0.2) is 8.42 Å². The van der Waals surface area contributed by atoms with Gasteiger partial charge in [-0.05, 0) is 46.5 Å². The third kappa shape index (κ3) is 3.70. The second kappa shape index (κ2) is 6.68. The summed E-state index contributed by atoms with van der Waals surface area (Å²) in [5.74, 6) is 0.125. The van der Waals surface area contributed by atoms with Crippen molar-refractivity contribution in [2.24, 2.45) is 0 Å². The van der Waals surface area contributed by atoms with Gasteiger partial charge in [-0.3, -0.25) is 4.21 Å². The molecule has 0 radical (unpaired) electrons. The van der Waals surface area contributed by atoms with E-state index < -0.39 is 20.9 Å². The average Bonchev–Trinajstić information content (AvgIpc) is 2.46. The van der Waals surface area contributed by atoms with Crippen LogP contribution in [-0.4, -0.2) is 22.9 Å². The largest absolute Gasteiger partial charge is 0.768 e. The summed E-state index contributed by atoms with van der Waals surface area (Å²) in [6.07, 6.45) is 2.49. The Hall–Kier alpha value is -1.24. The van der Waals surface area contributed by atoms with Crippen molar-refractivity contribution in [3.8, 4) is 0 Å². The molecule has 0 aliphatic heterocycles. The van der Waals surface area contributed by atoms with Gasteiger partial charge >= 0.3 is 0 Å². The molecule has 0 aromatic heterocycles. The highest BCUT2D eigenvalue weighted by molar-refractivity contribution is 7.91. The van der Waals surface area contributed by atoms with Gasteiger partial charge in [-0.15, -0.1) is 0 Å². The predicted octanol–water partition coefficient (Wildman–Crippen LogP) is 3.04. The summed E-state index contributed by atoms with van der Waals surface area (Å²) in [6, 6.07) is 9.43. The number of hydrogen-bond donors (Lipinski definition) is 0. The first-order valence-corrected chi connectivity index (χ1v) is 9.53. The summed E-state index contributed by atoms with van der Waals surface area (Å²) in [5.41, 5.74) is 0. The lowest BCUT2D eigenvalue weighted by Crippen LogP contribution is -2.06. The zero-order chi connectivity index (χ0) is 15.5. The Morgan fingerprint density at radius 1 is 1.14 bits per heavy atom. The lowest BCUT2D eigenvalue weighted by molar-refractivity contribution is 0.538. The third-order valence-electron chi connectivity index (χ3n) is 3.37. The van der Waals surface area contributed by atoms with Gasteiger partial charge in [0.15, 0.2) is 9.84 Å². The average molecular weight is 325 g/mol. The summed E-state index contributed by atoms with van der Waals surface area (Å²) in [5, 5.41) is 1.16. The van der Waals surface area contributed by atoms with E-state index in [-0.39, 0.29) is 15.5 Å². The minimum absolute atomic E-state index is 0.125. The zero-order valence-corrected chi connectivity index (χ0v) is 13.4. The molecule has 0 saturated carbocycles. The van der Waals surface area contributed by atoms with Crippen molar-refractivity contribution >= 4 is 31.7 Å². The van der Waals surface area contributed by atoms with E-state index in [0.717, 1.165) is 12.8 Å². The van der Waals surface area contributed by atoms with Crippen LogP contribution in [0.4, 0.5) is 0 Å². The van der Waals surface area contributed by atoms with Crippen LogP contribution < -0.4 is 0 Å². The molecular formula is C15H17O4S2-. The van der Waals surface area contributed by atoms with E-state index in [0.29, 0.717) is 17.2 Å². The summed E-state index contributed by atoms with van der Waals surface area (Å²) in [4.78, 5) is 0.433. The Morgan fingerprint density at radius 2 is 1.90 bits per heavy atom. The third-order valence-corrected chi connectivity index (χ3v) is 5.88. The Bertz CT molecular complexity index is 766. The van der Waals surface area contributed by atoms with Crippen LogP contribution >= 0.6 is 0 Å². The predicted molar refractivity (Wildman–Crippen MR) is 82.7 cm³/mol. The quantitative estimate of drug-likeness (QED) is 0.604. The summed E-state index contributed by atoms with van der Waals surface area (Å²) < 4.78 is 46.8. The smallest absolute Gasteiger partial charge is 0.178 e. The molecule has 1 atom stereocenters. The van der Waals surface area contributed by atoms with Gasteiger partial charge in [-0.2, -0.15) is 0 Å². The molecule has 1 unspecified atom stereocenters. The molecule has 2 aromatic carbocycles. The lowest BCUT2D eigenvalue weighted by Gasteiger charge is -2.10. The van der Waals surface area contributed by atoms with Gasteiger partial charge in [0.05, 0.1) is 10.6 Å². The second-order valence-corrected chi connectivity index (χ2v) is 7.92. The van der Waals surface area contributed by atoms with E-state index in [1.54, 1.807) is 24.3 Å². The maximum atomic E-state index is 12.2. The van der Waals surface area contributed by atoms with Crippen molar-refractivity contribution in [3.63, 3.8) is 0 Å². The highest BCUT2D eigenvalue weighted by atomic mass is 32.2. The molecule has 0 bridgehead atoms. The van der Waals surface area contributed by atoms with Crippen molar-refractivity contribution in [3.05, 3.63) is 36.4 Å². The topological polar surface area (TPSA) is 74.3 Å². The first-order chi connectivity index (χ1) is 9.95. The fraction of sp³-hybridized carbons (Fsp3) is 0.333. The second-order valence-electron chi connectivity index (χ2n) is 4.90. The molecule has 0 aliphatic rings. The molecule has 0 heterocycles. The molecule has 0 fully saturated rings. The lowest BCUT2D eigenvalue weighted by atomic mass is 10.1. The van der Waals surface area contributed by atoms with Crippen molar-refractivity contribution < 1.29 is 17.2 Å². The molecule has 0 amide bonds. The maximum absolute atomic E-state index is 12.2. The van der Waals surface area contributed by atoms with E-state index in [9.17, 15) is 17.2 Å². The molecule has 2 aromatic rings. The van der Waals surface area contributed by atoms with Gasteiger partial charge in [0, 0.05) is 4.90 Å². The molecular weight excluding hydrogens is 308 g/mol. The van der Waals surface area contributed by atoms with Crippen molar-refractivity contribution in [2.45, 2.75) is 36.0 Å². The van der Waals surface area contributed by atoms with Gasteiger partial charge in [0.1, 0.15) is 0 Å². The summed E-state index contributed by atoms with van der Waals surface area (Å²) in [6.45, 7) is 2.02. The molecule has 21 heavy (non-hydrogen) atoms. The van der Waals surface area contributed by atoms with Gasteiger partial charge in [-0.1, -0.05) is 38.0 Å². The molecule has 4 nitrogen and oxygen atoms in total. The summed E-state index contributed by atoms with van der Waals surface area (Å²) in [7, 11) is -3.31. The van der Waals surface area contributed by atoms with Crippen LogP contribution in [0, 0.1) is 0 Å². The standard InChI is InChI=1S/C15H18O4S2/c1-2-3-4-10-21(18,19)13-8-9-14-12(11-13)6-5-7-15(14)20(16)17/h5-9,11H,2-4,10H2,1H3,(H,16,17)/p-1. The SMILES string of the molecule is CCCCCS(=O)(=O)c1ccc2c(S(=O)[O-])cccc2c1. The molecule has 0 N–H and O–H groups in total. The molecule has 0 saturated heterocycles. The normalized spacial score (nSPS) is 13.4. The van der Waals surface area contributed by atoms with Crippen molar-refractivity contribution in [1.29, 1.82) is 0 Å².